The molecular weight excluding hydrogens is 202 g/mol. The molecule has 2 rings (SSSR count). The van der Waals surface area contributed by atoms with Crippen LogP contribution < -0.4 is 5.73 Å². The van der Waals surface area contributed by atoms with Crippen LogP contribution in [0.1, 0.15) is 29.7 Å². The molecule has 1 aromatic rings. The second kappa shape index (κ2) is 3.26. The predicted octanol–water partition coefficient (Wildman–Crippen LogP) is 3.13. The first-order valence-electron chi connectivity index (χ1n) is 4.63. The highest BCUT2D eigenvalue weighted by atomic mass is 35.5. The summed E-state index contributed by atoms with van der Waals surface area (Å²) in [7, 11) is 0. The third-order valence-electron chi connectivity index (χ3n) is 2.67. The number of thiophene rings is 1. The summed E-state index contributed by atoms with van der Waals surface area (Å²) >= 11 is 7.74. The van der Waals surface area contributed by atoms with Crippen molar-refractivity contribution in [1.82, 2.24) is 0 Å². The van der Waals surface area contributed by atoms with Crippen LogP contribution in [0.25, 0.3) is 0 Å². The predicted molar refractivity (Wildman–Crippen MR) is 58.5 cm³/mol. The van der Waals surface area contributed by atoms with Crippen LogP contribution in [0.2, 0.25) is 4.34 Å². The van der Waals surface area contributed by atoms with Gasteiger partial charge in [0.05, 0.1) is 4.34 Å². The minimum atomic E-state index is 0.152. The number of halogens is 1. The Bertz CT molecular complexity index is 315. The van der Waals surface area contributed by atoms with E-state index >= 15 is 0 Å². The summed E-state index contributed by atoms with van der Waals surface area (Å²) in [6.07, 6.45) is 4.50. The Hall–Kier alpha value is -0.0500. The minimum Gasteiger partial charge on any atom is -0.325 e. The van der Waals surface area contributed by atoms with Gasteiger partial charge in [0.2, 0.25) is 0 Å². The molecule has 1 fully saturated rings. The first kappa shape index (κ1) is 9.50. The van der Waals surface area contributed by atoms with E-state index in [9.17, 15) is 0 Å². The van der Waals surface area contributed by atoms with Crippen LogP contribution in [0.15, 0.2) is 6.07 Å². The van der Waals surface area contributed by atoms with Crippen molar-refractivity contribution in [1.29, 1.82) is 0 Å². The van der Waals surface area contributed by atoms with E-state index in [2.05, 4.69) is 13.0 Å². The quantitative estimate of drug-likeness (QED) is 0.824. The average Bonchev–Trinajstić information content (AvgIpc) is 2.69. The van der Waals surface area contributed by atoms with E-state index in [-0.39, 0.29) is 5.54 Å². The van der Waals surface area contributed by atoms with E-state index in [0.29, 0.717) is 0 Å². The molecule has 0 aromatic carbocycles. The molecule has 3 heteroatoms. The third kappa shape index (κ3) is 2.25. The highest BCUT2D eigenvalue weighted by Crippen LogP contribution is 2.38. The highest BCUT2D eigenvalue weighted by Gasteiger charge is 2.37. The lowest BCUT2D eigenvalue weighted by Crippen LogP contribution is -2.21. The van der Waals surface area contributed by atoms with E-state index in [1.807, 2.05) is 0 Å². The van der Waals surface area contributed by atoms with Crippen molar-refractivity contribution in [3.8, 4) is 0 Å². The summed E-state index contributed by atoms with van der Waals surface area (Å²) in [6.45, 7) is 2.09. The van der Waals surface area contributed by atoms with Crippen LogP contribution in [0.3, 0.4) is 0 Å². The van der Waals surface area contributed by atoms with Gasteiger partial charge in [-0.2, -0.15) is 0 Å². The van der Waals surface area contributed by atoms with Gasteiger partial charge < -0.3 is 5.73 Å². The Kier molecular flexibility index (Phi) is 2.39. The first-order valence-corrected chi connectivity index (χ1v) is 5.82. The second-order valence-corrected chi connectivity index (χ2v) is 5.88. The smallest absolute Gasteiger partial charge is 0.0963 e. The van der Waals surface area contributed by atoms with Crippen molar-refractivity contribution in [2.24, 2.45) is 5.73 Å². The lowest BCUT2D eigenvalue weighted by Gasteiger charge is -2.06. The van der Waals surface area contributed by atoms with E-state index < -0.39 is 0 Å². The zero-order valence-electron chi connectivity index (χ0n) is 7.77. The van der Waals surface area contributed by atoms with E-state index in [0.717, 1.165) is 17.2 Å². The van der Waals surface area contributed by atoms with Crippen molar-refractivity contribution < 1.29 is 0 Å². The van der Waals surface area contributed by atoms with Gasteiger partial charge in [0, 0.05) is 10.4 Å². The molecular formula is C10H14ClNS. The van der Waals surface area contributed by atoms with Gasteiger partial charge in [-0.25, -0.2) is 0 Å². The number of hydrogen-bond acceptors (Lipinski definition) is 2. The van der Waals surface area contributed by atoms with Gasteiger partial charge in [-0.3, -0.25) is 0 Å². The maximum Gasteiger partial charge on any atom is 0.0963 e. The maximum atomic E-state index is 6.07. The molecule has 1 aromatic heterocycles. The summed E-state index contributed by atoms with van der Waals surface area (Å²) < 4.78 is 0.946. The molecule has 1 aliphatic rings. The van der Waals surface area contributed by atoms with E-state index in [1.54, 1.807) is 11.3 Å². The minimum absolute atomic E-state index is 0.152. The fraction of sp³-hybridized carbons (Fsp3) is 0.600. The standard InChI is InChI=1S/C10H14ClNS/c1-7-6-8(9(11)13-7)2-3-10(12)4-5-10/h6H,2-5,12H2,1H3. The SMILES string of the molecule is Cc1cc(CCC2(N)CC2)c(Cl)s1. The molecule has 1 nitrogen and oxygen atoms in total. The fourth-order valence-electron chi connectivity index (χ4n) is 1.50. The number of hydrogen-bond donors (Lipinski definition) is 1. The first-order chi connectivity index (χ1) is 6.09. The molecule has 13 heavy (non-hydrogen) atoms. The normalized spacial score (nSPS) is 19.0. The zero-order chi connectivity index (χ0) is 9.47. The van der Waals surface area contributed by atoms with Crippen LogP contribution in [0, 0.1) is 6.92 Å². The highest BCUT2D eigenvalue weighted by molar-refractivity contribution is 7.16. The monoisotopic (exact) mass is 215 g/mol. The zero-order valence-corrected chi connectivity index (χ0v) is 9.34. The molecule has 0 bridgehead atoms. The van der Waals surface area contributed by atoms with E-state index in [4.69, 9.17) is 17.3 Å². The molecule has 72 valence electrons. The summed E-state index contributed by atoms with van der Waals surface area (Å²) in [4.78, 5) is 1.29. The molecule has 0 radical (unpaired) electrons. The van der Waals surface area contributed by atoms with Crippen molar-refractivity contribution in [3.05, 3.63) is 20.8 Å². The van der Waals surface area contributed by atoms with Crippen LogP contribution in [-0.2, 0) is 6.42 Å². The number of aryl methyl sites for hydroxylation is 2. The Labute approximate surface area is 87.9 Å². The molecule has 0 unspecified atom stereocenters. The molecule has 1 aliphatic carbocycles. The summed E-state index contributed by atoms with van der Waals surface area (Å²) in [5.74, 6) is 0. The Morgan fingerprint density at radius 1 is 1.62 bits per heavy atom. The Balaban J connectivity index is 1.97. The summed E-state index contributed by atoms with van der Waals surface area (Å²) in [5.41, 5.74) is 7.44. The van der Waals surface area contributed by atoms with E-state index in [1.165, 1.54) is 23.3 Å². The molecule has 0 saturated heterocycles. The van der Waals surface area contributed by atoms with Crippen LogP contribution in [0.4, 0.5) is 0 Å². The lowest BCUT2D eigenvalue weighted by molar-refractivity contribution is 0.610. The number of rotatable bonds is 3. The molecule has 0 aliphatic heterocycles. The summed E-state index contributed by atoms with van der Waals surface area (Å²) in [5, 5.41) is 0. The molecule has 1 saturated carbocycles. The van der Waals surface area contributed by atoms with Crippen molar-refractivity contribution >= 4 is 22.9 Å². The topological polar surface area (TPSA) is 26.0 Å². The van der Waals surface area contributed by atoms with Gasteiger partial charge in [-0.1, -0.05) is 11.6 Å². The molecule has 1 heterocycles. The Morgan fingerprint density at radius 3 is 2.77 bits per heavy atom. The number of nitrogens with two attached hydrogens (primary N) is 1. The van der Waals surface area contributed by atoms with Crippen molar-refractivity contribution in [2.75, 3.05) is 0 Å². The average molecular weight is 216 g/mol. The van der Waals surface area contributed by atoms with Crippen LogP contribution in [-0.4, -0.2) is 5.54 Å². The van der Waals surface area contributed by atoms with Gasteiger partial charge >= 0.3 is 0 Å². The van der Waals surface area contributed by atoms with Gasteiger partial charge in [0.1, 0.15) is 0 Å². The lowest BCUT2D eigenvalue weighted by atomic mass is 10.1. The van der Waals surface area contributed by atoms with Crippen LogP contribution in [0.5, 0.6) is 0 Å². The van der Waals surface area contributed by atoms with Gasteiger partial charge in [-0.05, 0) is 44.2 Å². The molecule has 0 spiro atoms. The van der Waals surface area contributed by atoms with Crippen molar-refractivity contribution in [2.45, 2.75) is 38.1 Å². The molecule has 2 N–H and O–H groups in total. The van der Waals surface area contributed by atoms with Crippen LogP contribution >= 0.6 is 22.9 Å². The summed E-state index contributed by atoms with van der Waals surface area (Å²) in [6, 6.07) is 2.18. The Morgan fingerprint density at radius 2 is 2.31 bits per heavy atom. The largest absolute Gasteiger partial charge is 0.325 e. The van der Waals surface area contributed by atoms with Gasteiger partial charge in [0.25, 0.3) is 0 Å². The fourth-order valence-corrected chi connectivity index (χ4v) is 2.79. The third-order valence-corrected chi connectivity index (χ3v) is 4.02. The second-order valence-electron chi connectivity index (χ2n) is 4.02. The molecule has 0 atom stereocenters. The van der Waals surface area contributed by atoms with Gasteiger partial charge in [0.15, 0.2) is 0 Å². The maximum absolute atomic E-state index is 6.07. The van der Waals surface area contributed by atoms with Gasteiger partial charge in [-0.15, -0.1) is 11.3 Å². The molecule has 0 amide bonds. The van der Waals surface area contributed by atoms with Crippen molar-refractivity contribution in [3.63, 3.8) is 0 Å².